The number of primary amides is 2. The van der Waals surface area contributed by atoms with Gasteiger partial charge in [0, 0.05) is 12.1 Å². The Hall–Kier alpha value is -2.65. The van der Waals surface area contributed by atoms with Gasteiger partial charge in [0.15, 0.2) is 0 Å². The number of hydrogen-bond donors (Lipinski definition) is 3. The molecule has 37 heavy (non-hydrogen) atoms. The van der Waals surface area contributed by atoms with E-state index < -0.39 is 58.6 Å². The van der Waals surface area contributed by atoms with Crippen LogP contribution in [0.5, 0.6) is 0 Å². The minimum atomic E-state index is -1.20. The van der Waals surface area contributed by atoms with Crippen molar-refractivity contribution in [3.63, 3.8) is 0 Å². The highest BCUT2D eigenvalue weighted by Crippen LogP contribution is 2.65. The van der Waals surface area contributed by atoms with Crippen LogP contribution in [0.1, 0.15) is 81.1 Å². The quantitative estimate of drug-likeness (QED) is 0.417. The third-order valence-corrected chi connectivity index (χ3v) is 8.49. The maximum Gasteiger partial charge on any atom is 0.319 e. The molecule has 3 aliphatic rings. The Morgan fingerprint density at radius 2 is 1.59 bits per heavy atom. The number of carbonyl (C=O) groups is 5. The Balaban J connectivity index is 2.09. The van der Waals surface area contributed by atoms with Crippen molar-refractivity contribution in [2.75, 3.05) is 6.54 Å². The van der Waals surface area contributed by atoms with Crippen LogP contribution in [0.2, 0.25) is 0 Å². The van der Waals surface area contributed by atoms with Gasteiger partial charge >= 0.3 is 6.03 Å². The molecule has 0 aromatic rings. The monoisotopic (exact) mass is 519 g/mol. The largest absolute Gasteiger partial charge is 0.368 e. The smallest absolute Gasteiger partial charge is 0.319 e. The average molecular weight is 520 g/mol. The molecule has 0 aromatic heterocycles. The van der Waals surface area contributed by atoms with Crippen LogP contribution >= 0.6 is 0 Å². The molecule has 208 valence electrons. The van der Waals surface area contributed by atoms with E-state index in [4.69, 9.17) is 11.5 Å². The van der Waals surface area contributed by atoms with Gasteiger partial charge < -0.3 is 26.6 Å². The number of nitrogens with zero attached hydrogens (tertiary/aromatic N) is 2. The number of hydrogen-bond acceptors (Lipinski definition) is 5. The minimum absolute atomic E-state index is 0.0514. The Kier molecular flexibility index (Phi) is 7.49. The number of nitrogens with two attached hydrogens (primary N) is 2. The molecule has 5 amide bonds. The SMILES string of the molecule is CC(C)(C)NC(=O)N(C(CC1CCC1)C(=O)C(N)=O)[C@H](C(=O)N1CC2C(C1C(N)=O)C2(C)C)C(C)(C)C. The molecular weight excluding hydrogens is 474 g/mol. The molecule has 10 heteroatoms. The second-order valence-corrected chi connectivity index (χ2v) is 13.9. The predicted octanol–water partition coefficient (Wildman–Crippen LogP) is 1.79. The normalized spacial score (nSPS) is 26.4. The van der Waals surface area contributed by atoms with E-state index in [2.05, 4.69) is 19.2 Å². The second kappa shape index (κ2) is 9.58. The van der Waals surface area contributed by atoms with E-state index in [0.717, 1.165) is 19.3 Å². The van der Waals surface area contributed by atoms with Crippen molar-refractivity contribution in [2.45, 2.75) is 105 Å². The zero-order chi connectivity index (χ0) is 28.2. The minimum Gasteiger partial charge on any atom is -0.368 e. The van der Waals surface area contributed by atoms with Gasteiger partial charge in [-0.15, -0.1) is 0 Å². The fourth-order valence-corrected chi connectivity index (χ4v) is 6.28. The van der Waals surface area contributed by atoms with Crippen LogP contribution in [-0.2, 0) is 19.2 Å². The average Bonchev–Trinajstić information content (AvgIpc) is 3.05. The highest BCUT2D eigenvalue weighted by molar-refractivity contribution is 6.37. The number of fused-ring (bicyclic) bond motifs is 1. The van der Waals surface area contributed by atoms with Crippen LogP contribution in [0.25, 0.3) is 0 Å². The van der Waals surface area contributed by atoms with Gasteiger partial charge in [-0.05, 0) is 55.8 Å². The van der Waals surface area contributed by atoms with Crippen LogP contribution in [0, 0.1) is 28.6 Å². The maximum absolute atomic E-state index is 14.3. The molecule has 2 aliphatic carbocycles. The lowest BCUT2D eigenvalue weighted by Gasteiger charge is -2.46. The molecule has 0 spiro atoms. The zero-order valence-corrected chi connectivity index (χ0v) is 23.6. The van der Waals surface area contributed by atoms with Crippen molar-refractivity contribution >= 4 is 29.5 Å². The van der Waals surface area contributed by atoms with Gasteiger partial charge in [0.05, 0.1) is 0 Å². The number of ketones is 1. The van der Waals surface area contributed by atoms with Crippen molar-refractivity contribution in [3.8, 4) is 0 Å². The van der Waals surface area contributed by atoms with Gasteiger partial charge in [0.25, 0.3) is 5.91 Å². The number of urea groups is 1. The number of Topliss-reactive ketones (excluding diaryl/α,β-unsaturated/α-hetero) is 1. The number of likely N-dealkylation sites (tertiary alicyclic amines) is 1. The summed E-state index contributed by atoms with van der Waals surface area (Å²) in [4.78, 5) is 68.9. The zero-order valence-electron chi connectivity index (χ0n) is 23.6. The van der Waals surface area contributed by atoms with Gasteiger partial charge in [0.1, 0.15) is 18.1 Å². The first-order valence-corrected chi connectivity index (χ1v) is 13.3. The van der Waals surface area contributed by atoms with Crippen LogP contribution in [0.3, 0.4) is 0 Å². The van der Waals surface area contributed by atoms with Crippen LogP contribution in [-0.4, -0.2) is 69.5 Å². The van der Waals surface area contributed by atoms with E-state index in [0.29, 0.717) is 6.54 Å². The lowest BCUT2D eigenvalue weighted by molar-refractivity contribution is -0.149. The molecule has 0 aromatic carbocycles. The first kappa shape index (κ1) is 28.9. The van der Waals surface area contributed by atoms with Crippen molar-refractivity contribution in [2.24, 2.45) is 40.1 Å². The molecule has 1 heterocycles. The number of amides is 5. The van der Waals surface area contributed by atoms with E-state index in [1.54, 1.807) is 20.8 Å². The van der Waals surface area contributed by atoms with Crippen molar-refractivity contribution < 1.29 is 24.0 Å². The van der Waals surface area contributed by atoms with Crippen molar-refractivity contribution in [3.05, 3.63) is 0 Å². The molecule has 5 N–H and O–H groups in total. The standard InChI is InChI=1S/C27H45N5O5/c1-25(2,3)20(23(36)31-13-15-17(27(15,7)8)18(31)21(28)34)32(24(37)30-26(4,5)6)16(19(33)22(29)35)12-14-10-9-11-14/h14-18,20H,9-13H2,1-8H3,(H2,28,34)(H2,29,35)(H,30,37)/t15?,16?,17?,18?,20-/m1/s1. The van der Waals surface area contributed by atoms with Crippen LogP contribution < -0.4 is 16.8 Å². The molecule has 10 nitrogen and oxygen atoms in total. The van der Waals surface area contributed by atoms with E-state index in [-0.39, 0.29) is 29.6 Å². The van der Waals surface area contributed by atoms with Crippen molar-refractivity contribution in [1.82, 2.24) is 15.1 Å². The van der Waals surface area contributed by atoms with Crippen molar-refractivity contribution in [1.29, 1.82) is 0 Å². The summed E-state index contributed by atoms with van der Waals surface area (Å²) in [5, 5.41) is 2.89. The number of nitrogens with one attached hydrogen (secondary N) is 1. The third kappa shape index (κ3) is 5.62. The summed E-state index contributed by atoms with van der Waals surface area (Å²) in [5.41, 5.74) is 9.63. The fraction of sp³-hybridized carbons (Fsp3) is 0.815. The Morgan fingerprint density at radius 3 is 2.00 bits per heavy atom. The Labute approximate surface area is 220 Å². The highest BCUT2D eigenvalue weighted by atomic mass is 16.2. The summed E-state index contributed by atoms with van der Waals surface area (Å²) >= 11 is 0. The molecule has 3 rings (SSSR count). The van der Waals surface area contributed by atoms with Gasteiger partial charge in [-0.3, -0.25) is 19.2 Å². The summed E-state index contributed by atoms with van der Waals surface area (Å²) in [6.45, 7) is 15.3. The van der Waals surface area contributed by atoms with Gasteiger partial charge in [-0.1, -0.05) is 53.9 Å². The lowest BCUT2D eigenvalue weighted by Crippen LogP contribution is -2.67. The van der Waals surface area contributed by atoms with Gasteiger partial charge in [0.2, 0.25) is 17.6 Å². The molecule has 4 unspecified atom stereocenters. The molecule has 1 aliphatic heterocycles. The molecular formula is C27H45N5O5. The molecule has 0 bridgehead atoms. The van der Waals surface area contributed by atoms with E-state index in [1.165, 1.54) is 9.80 Å². The Bertz CT molecular complexity index is 975. The molecule has 2 saturated carbocycles. The topological polar surface area (TPSA) is 156 Å². The summed E-state index contributed by atoms with van der Waals surface area (Å²) in [5.74, 6) is -2.84. The lowest BCUT2D eigenvalue weighted by atomic mass is 9.77. The fourth-order valence-electron chi connectivity index (χ4n) is 6.28. The summed E-state index contributed by atoms with van der Waals surface area (Å²) < 4.78 is 0. The summed E-state index contributed by atoms with van der Waals surface area (Å²) in [6.07, 6.45) is 3.00. The highest BCUT2D eigenvalue weighted by Gasteiger charge is 2.69. The van der Waals surface area contributed by atoms with Gasteiger partial charge in [-0.2, -0.15) is 0 Å². The van der Waals surface area contributed by atoms with E-state index >= 15 is 0 Å². The third-order valence-electron chi connectivity index (χ3n) is 8.49. The van der Waals surface area contributed by atoms with E-state index in [1.807, 2.05) is 20.8 Å². The van der Waals surface area contributed by atoms with Crippen LogP contribution in [0.4, 0.5) is 4.79 Å². The Morgan fingerprint density at radius 1 is 1.03 bits per heavy atom. The van der Waals surface area contributed by atoms with Crippen LogP contribution in [0.15, 0.2) is 0 Å². The number of rotatable bonds is 8. The summed E-state index contributed by atoms with van der Waals surface area (Å²) in [6, 6.07) is -3.74. The molecule has 3 fully saturated rings. The first-order valence-electron chi connectivity index (χ1n) is 13.3. The van der Waals surface area contributed by atoms with Gasteiger partial charge in [-0.25, -0.2) is 4.79 Å². The number of carbonyl (C=O) groups excluding carboxylic acids is 5. The first-order chi connectivity index (χ1) is 16.8. The predicted molar refractivity (Wildman–Crippen MR) is 139 cm³/mol. The molecule has 5 atom stereocenters. The maximum atomic E-state index is 14.3. The summed E-state index contributed by atoms with van der Waals surface area (Å²) in [7, 11) is 0. The number of piperidine rings is 1. The molecule has 1 saturated heterocycles. The molecule has 0 radical (unpaired) electrons. The van der Waals surface area contributed by atoms with E-state index in [9.17, 15) is 24.0 Å². The second-order valence-electron chi connectivity index (χ2n) is 13.9.